The van der Waals surface area contributed by atoms with Crippen molar-refractivity contribution < 1.29 is 0 Å². The normalized spacial score (nSPS) is 15.1. The van der Waals surface area contributed by atoms with Crippen LogP contribution in [-0.2, 0) is 7.05 Å². The van der Waals surface area contributed by atoms with Crippen LogP contribution in [0.2, 0.25) is 0 Å². The Bertz CT molecular complexity index is 1280. The van der Waals surface area contributed by atoms with E-state index in [1.54, 1.807) is 0 Å². The van der Waals surface area contributed by atoms with Crippen molar-refractivity contribution >= 4 is 23.2 Å². The highest BCUT2D eigenvalue weighted by Gasteiger charge is 2.18. The first-order valence-corrected chi connectivity index (χ1v) is 12.0. The van der Waals surface area contributed by atoms with Crippen LogP contribution in [0.15, 0.2) is 65.9 Å². The van der Waals surface area contributed by atoms with Gasteiger partial charge in [-0.15, -0.1) is 0 Å². The molecular weight excluding hydrogens is 418 g/mol. The third kappa shape index (κ3) is 5.30. The third-order valence-electron chi connectivity index (χ3n) is 6.26. The number of aryl methyl sites for hydroxylation is 1. The lowest BCUT2D eigenvalue weighted by Crippen LogP contribution is -2.10. The highest BCUT2D eigenvalue weighted by atomic mass is 14.9. The average Bonchev–Trinajstić information content (AvgIpc) is 3.46. The molecule has 0 amide bonds. The van der Waals surface area contributed by atoms with Crippen LogP contribution in [0.4, 0.5) is 0 Å². The summed E-state index contributed by atoms with van der Waals surface area (Å²) in [6, 6.07) is 14.8. The van der Waals surface area contributed by atoms with Crippen LogP contribution >= 0.6 is 0 Å². The van der Waals surface area contributed by atoms with Crippen molar-refractivity contribution in [1.82, 2.24) is 9.55 Å². The Labute approximate surface area is 202 Å². The molecule has 1 atom stereocenters. The highest BCUT2D eigenvalue weighted by Crippen LogP contribution is 2.29. The van der Waals surface area contributed by atoms with Crippen LogP contribution in [0.5, 0.6) is 0 Å². The van der Waals surface area contributed by atoms with Crippen LogP contribution < -0.4 is 0 Å². The number of benzene rings is 1. The van der Waals surface area contributed by atoms with Gasteiger partial charge in [0.05, 0.1) is 23.1 Å². The van der Waals surface area contributed by atoms with Gasteiger partial charge in [0, 0.05) is 42.5 Å². The van der Waals surface area contributed by atoms with Gasteiger partial charge < -0.3 is 15.4 Å². The molecular formula is C29H33N5. The second-order valence-electron chi connectivity index (χ2n) is 9.39. The van der Waals surface area contributed by atoms with E-state index in [2.05, 4.69) is 60.6 Å². The predicted octanol–water partition coefficient (Wildman–Crippen LogP) is 6.82. The molecule has 5 nitrogen and oxygen atoms in total. The number of pyridine rings is 1. The first kappa shape index (κ1) is 23.6. The minimum atomic E-state index is 0.144. The van der Waals surface area contributed by atoms with E-state index in [1.807, 2.05) is 43.9 Å². The van der Waals surface area contributed by atoms with Gasteiger partial charge in [-0.2, -0.15) is 0 Å². The lowest BCUT2D eigenvalue weighted by Gasteiger charge is -2.13. The zero-order valence-corrected chi connectivity index (χ0v) is 20.5. The Hall–Kier alpha value is -3.60. The average molecular weight is 452 g/mol. The van der Waals surface area contributed by atoms with E-state index >= 15 is 0 Å². The smallest absolute Gasteiger partial charge is 0.0923 e. The molecule has 34 heavy (non-hydrogen) atoms. The number of nitrogens with zero attached hydrogens (tertiary/aromatic N) is 3. The van der Waals surface area contributed by atoms with E-state index in [1.165, 1.54) is 5.56 Å². The Morgan fingerprint density at radius 1 is 1.03 bits per heavy atom. The van der Waals surface area contributed by atoms with Crippen molar-refractivity contribution in [2.75, 3.05) is 0 Å². The number of rotatable bonds is 9. The Morgan fingerprint density at radius 2 is 1.82 bits per heavy atom. The van der Waals surface area contributed by atoms with Gasteiger partial charge >= 0.3 is 0 Å². The van der Waals surface area contributed by atoms with Gasteiger partial charge in [-0.05, 0) is 73.1 Å². The first-order chi connectivity index (χ1) is 16.3. The molecule has 2 aromatic heterocycles. The minimum absolute atomic E-state index is 0.144. The second-order valence-corrected chi connectivity index (χ2v) is 9.39. The SMILES string of the molecule is CC1C=C(c2ccc(-c3cccc(-c4ccn(C)c4)c3)nc2C(=N)CCCC(=N)C(C)C)C=N1. The standard InChI is InChI=1S/C29H33N5/c1-19(2)26(30)9-6-10-27(31)29-25(24-15-20(3)32-17-24)11-12-28(33-29)22-8-5-7-21(16-22)23-13-14-34(4)18-23/h5,7-8,11-20,30-31H,6,9-10H2,1-4H3. The lowest BCUT2D eigenvalue weighted by molar-refractivity contribution is 0.803. The summed E-state index contributed by atoms with van der Waals surface area (Å²) in [5.41, 5.74) is 8.17. The van der Waals surface area contributed by atoms with Crippen molar-refractivity contribution in [3.05, 3.63) is 72.2 Å². The van der Waals surface area contributed by atoms with Crippen molar-refractivity contribution in [2.24, 2.45) is 18.0 Å². The molecule has 0 saturated carbocycles. The fraction of sp³-hybridized carbons (Fsp3) is 0.310. The van der Waals surface area contributed by atoms with E-state index in [0.717, 1.165) is 46.5 Å². The molecule has 4 rings (SSSR count). The van der Waals surface area contributed by atoms with Gasteiger partial charge in [0.2, 0.25) is 0 Å². The van der Waals surface area contributed by atoms with Gasteiger partial charge in [-0.3, -0.25) is 4.99 Å². The number of aliphatic imine (C=N–C) groups is 1. The number of allylic oxidation sites excluding steroid dienone is 1. The van der Waals surface area contributed by atoms with Gasteiger partial charge in [0.25, 0.3) is 0 Å². The minimum Gasteiger partial charge on any atom is -0.357 e. The van der Waals surface area contributed by atoms with Crippen molar-refractivity contribution in [3.63, 3.8) is 0 Å². The molecule has 3 heterocycles. The second kappa shape index (κ2) is 10.1. The molecule has 1 aliphatic heterocycles. The summed E-state index contributed by atoms with van der Waals surface area (Å²) in [5.74, 6) is 0.254. The monoisotopic (exact) mass is 451 g/mol. The van der Waals surface area contributed by atoms with Crippen LogP contribution in [-0.4, -0.2) is 33.2 Å². The van der Waals surface area contributed by atoms with E-state index in [0.29, 0.717) is 17.8 Å². The maximum atomic E-state index is 8.87. The summed E-state index contributed by atoms with van der Waals surface area (Å²) in [6.45, 7) is 6.16. The van der Waals surface area contributed by atoms with Crippen molar-refractivity contribution in [1.29, 1.82) is 10.8 Å². The molecule has 0 fully saturated rings. The zero-order chi connectivity index (χ0) is 24.2. The summed E-state index contributed by atoms with van der Waals surface area (Å²) in [5, 5.41) is 17.0. The Kier molecular flexibility index (Phi) is 7.01. The van der Waals surface area contributed by atoms with Gasteiger partial charge in [0.1, 0.15) is 0 Å². The third-order valence-corrected chi connectivity index (χ3v) is 6.26. The maximum Gasteiger partial charge on any atom is 0.0923 e. The Morgan fingerprint density at radius 3 is 2.50 bits per heavy atom. The molecule has 0 bridgehead atoms. The van der Waals surface area contributed by atoms with E-state index in [4.69, 9.17) is 15.8 Å². The summed E-state index contributed by atoms with van der Waals surface area (Å²) >= 11 is 0. The molecule has 0 saturated heterocycles. The lowest BCUT2D eigenvalue weighted by atomic mass is 9.96. The molecule has 1 aliphatic rings. The Balaban J connectivity index is 1.66. The molecule has 174 valence electrons. The summed E-state index contributed by atoms with van der Waals surface area (Å²) in [7, 11) is 2.02. The molecule has 0 aliphatic carbocycles. The molecule has 0 spiro atoms. The molecule has 5 heteroatoms. The van der Waals surface area contributed by atoms with Gasteiger partial charge in [0.15, 0.2) is 0 Å². The zero-order valence-electron chi connectivity index (χ0n) is 20.5. The topological polar surface area (TPSA) is 77.9 Å². The maximum absolute atomic E-state index is 8.87. The fourth-order valence-corrected chi connectivity index (χ4v) is 4.18. The van der Waals surface area contributed by atoms with Crippen LogP contribution in [0.3, 0.4) is 0 Å². The van der Waals surface area contributed by atoms with Crippen molar-refractivity contribution in [2.45, 2.75) is 46.1 Å². The van der Waals surface area contributed by atoms with Crippen LogP contribution in [0, 0.1) is 16.7 Å². The van der Waals surface area contributed by atoms with E-state index < -0.39 is 0 Å². The molecule has 0 radical (unpaired) electrons. The first-order valence-electron chi connectivity index (χ1n) is 12.0. The van der Waals surface area contributed by atoms with E-state index in [-0.39, 0.29) is 12.0 Å². The molecule has 2 N–H and O–H groups in total. The summed E-state index contributed by atoms with van der Waals surface area (Å²) < 4.78 is 2.05. The van der Waals surface area contributed by atoms with Crippen LogP contribution in [0.25, 0.3) is 28.0 Å². The number of hydrogen-bond donors (Lipinski definition) is 2. The summed E-state index contributed by atoms with van der Waals surface area (Å²) in [6.07, 6.45) is 10.3. The van der Waals surface area contributed by atoms with Crippen LogP contribution in [0.1, 0.15) is 51.3 Å². The quantitative estimate of drug-likeness (QED) is 0.344. The van der Waals surface area contributed by atoms with Gasteiger partial charge in [-0.25, -0.2) is 4.98 Å². The predicted molar refractivity (Wildman–Crippen MR) is 143 cm³/mol. The summed E-state index contributed by atoms with van der Waals surface area (Å²) in [4.78, 5) is 9.48. The molecule has 3 aromatic rings. The fourth-order valence-electron chi connectivity index (χ4n) is 4.18. The number of aromatic nitrogens is 2. The molecule has 1 aromatic carbocycles. The number of nitrogens with one attached hydrogen (secondary N) is 2. The van der Waals surface area contributed by atoms with Crippen molar-refractivity contribution in [3.8, 4) is 22.4 Å². The molecule has 1 unspecified atom stereocenters. The number of hydrogen-bond acceptors (Lipinski definition) is 4. The van der Waals surface area contributed by atoms with Gasteiger partial charge in [-0.1, -0.05) is 38.1 Å². The van der Waals surface area contributed by atoms with E-state index in [9.17, 15) is 0 Å². The highest BCUT2D eigenvalue weighted by molar-refractivity contribution is 6.16. The largest absolute Gasteiger partial charge is 0.357 e.